The molecule has 1 rings (SSSR count). The van der Waals surface area contributed by atoms with Crippen molar-refractivity contribution in [3.05, 3.63) is 16.1 Å². The van der Waals surface area contributed by atoms with Crippen molar-refractivity contribution in [3.8, 4) is 17.2 Å². The van der Waals surface area contributed by atoms with Gasteiger partial charge in [-0.1, -0.05) is 0 Å². The van der Waals surface area contributed by atoms with E-state index in [4.69, 9.17) is 24.9 Å². The Morgan fingerprint density at radius 2 is 1.72 bits per heavy atom. The molecule has 1 aromatic carbocycles. The summed E-state index contributed by atoms with van der Waals surface area (Å²) in [5.74, 6) is 0.785. The van der Waals surface area contributed by atoms with Gasteiger partial charge in [0.05, 0.1) is 31.6 Å². The topological polar surface area (TPSA) is 61.8 Å². The van der Waals surface area contributed by atoms with Gasteiger partial charge in [-0.3, -0.25) is 0 Å². The lowest BCUT2D eigenvalue weighted by molar-refractivity contribution is 0.346. The van der Waals surface area contributed by atoms with Gasteiger partial charge >= 0.3 is 0 Å². The fraction of sp³-hybridized carbons (Fsp3) is 0.400. The molecule has 8 heteroatoms. The largest absolute Gasteiger partial charge is 0.496 e. The van der Waals surface area contributed by atoms with Crippen molar-refractivity contribution in [2.24, 2.45) is 0 Å². The molecule has 1 aromatic rings. The Bertz CT molecular complexity index is 544. The van der Waals surface area contributed by atoms with Crippen LogP contribution < -0.4 is 14.2 Å². The second-order valence-corrected chi connectivity index (χ2v) is 6.86. The molecule has 0 aliphatic heterocycles. The molecule has 0 atom stereocenters. The Hall–Kier alpha value is -0.660. The quantitative estimate of drug-likeness (QED) is 0.756. The summed E-state index contributed by atoms with van der Waals surface area (Å²) in [5, 5.41) is 0. The molecule has 5 nitrogen and oxygen atoms in total. The van der Waals surface area contributed by atoms with Crippen LogP contribution in [-0.2, 0) is 14.8 Å². The molecule has 0 fully saturated rings. The van der Waals surface area contributed by atoms with Gasteiger partial charge in [0.25, 0.3) is 0 Å². The number of benzene rings is 1. The number of halogens is 2. The maximum Gasteiger partial charge on any atom is 0.236 e. The summed E-state index contributed by atoms with van der Waals surface area (Å²) < 4.78 is 38.2. The van der Waals surface area contributed by atoms with Crippen LogP contribution in [0, 0.1) is 0 Å². The summed E-state index contributed by atoms with van der Waals surface area (Å²) in [6, 6.07) is 1.54. The van der Waals surface area contributed by atoms with Gasteiger partial charge in [0.15, 0.2) is 11.5 Å². The third kappa shape index (κ3) is 3.43. The van der Waals surface area contributed by atoms with Gasteiger partial charge < -0.3 is 14.2 Å². The number of ether oxygens (including phenoxy) is 3. The second-order valence-electron chi connectivity index (χ2n) is 3.29. The molecule has 0 heterocycles. The maximum absolute atomic E-state index is 11.2. The minimum absolute atomic E-state index is 0.351. The molecule has 102 valence electrons. The molecule has 0 bridgehead atoms. The minimum Gasteiger partial charge on any atom is -0.496 e. The zero-order valence-electron chi connectivity index (χ0n) is 9.99. The predicted molar refractivity (Wildman–Crippen MR) is 72.3 cm³/mol. The maximum atomic E-state index is 11.2. The lowest BCUT2D eigenvalue weighted by Gasteiger charge is -2.16. The van der Waals surface area contributed by atoms with Gasteiger partial charge in [-0.15, -0.1) is 0 Å². The summed E-state index contributed by atoms with van der Waals surface area (Å²) in [4.78, 5) is 0. The fourth-order valence-corrected chi connectivity index (χ4v) is 3.29. The fourth-order valence-electron chi connectivity index (χ4n) is 1.46. The van der Waals surface area contributed by atoms with E-state index >= 15 is 0 Å². The SMILES string of the molecule is COc1cc(OC)c(OC)c(Br)c1CS(=O)(=O)Cl. The standard InChI is InChI=1S/C10H12BrClO5S/c1-15-7-4-8(16-2)10(17-3)9(11)6(7)5-18(12,13)14/h4H,5H2,1-3H3. The molecule has 0 saturated carbocycles. The highest BCUT2D eigenvalue weighted by atomic mass is 79.9. The predicted octanol–water partition coefficient (Wildman–Crippen LogP) is 2.54. The summed E-state index contributed by atoms with van der Waals surface area (Å²) in [6.07, 6.45) is 0. The van der Waals surface area contributed by atoms with Crippen LogP contribution >= 0.6 is 26.6 Å². The van der Waals surface area contributed by atoms with E-state index in [2.05, 4.69) is 15.9 Å². The molecule has 0 radical (unpaired) electrons. The average Bonchev–Trinajstić information content (AvgIpc) is 2.29. The van der Waals surface area contributed by atoms with Gasteiger partial charge in [0.2, 0.25) is 9.05 Å². The number of hydrogen-bond acceptors (Lipinski definition) is 5. The number of methoxy groups -OCH3 is 3. The first-order valence-electron chi connectivity index (χ1n) is 4.73. The molecule has 18 heavy (non-hydrogen) atoms. The number of rotatable bonds is 5. The van der Waals surface area contributed by atoms with Crippen molar-refractivity contribution >= 4 is 35.7 Å². The van der Waals surface area contributed by atoms with E-state index in [1.165, 1.54) is 21.3 Å². The van der Waals surface area contributed by atoms with Crippen LogP contribution in [0.3, 0.4) is 0 Å². The molecular formula is C10H12BrClO5S. The van der Waals surface area contributed by atoms with E-state index in [0.717, 1.165) is 0 Å². The minimum atomic E-state index is -3.71. The van der Waals surface area contributed by atoms with E-state index in [9.17, 15) is 8.42 Å². The highest BCUT2D eigenvalue weighted by Crippen LogP contribution is 2.43. The first-order chi connectivity index (χ1) is 8.34. The first-order valence-corrected chi connectivity index (χ1v) is 8.00. The number of hydrogen-bond donors (Lipinski definition) is 0. The summed E-state index contributed by atoms with van der Waals surface area (Å²) in [7, 11) is 5.91. The van der Waals surface area contributed by atoms with E-state index < -0.39 is 9.05 Å². The molecule has 0 aliphatic rings. The van der Waals surface area contributed by atoms with Crippen molar-refractivity contribution in [3.63, 3.8) is 0 Å². The Morgan fingerprint density at radius 1 is 1.17 bits per heavy atom. The van der Waals surface area contributed by atoms with Crippen LogP contribution in [0.4, 0.5) is 0 Å². The third-order valence-corrected chi connectivity index (χ3v) is 4.01. The van der Waals surface area contributed by atoms with Crippen molar-refractivity contribution in [1.29, 1.82) is 0 Å². The summed E-state index contributed by atoms with van der Waals surface area (Å²) in [6.45, 7) is 0. The molecule has 0 aliphatic carbocycles. The third-order valence-electron chi connectivity index (χ3n) is 2.21. The van der Waals surface area contributed by atoms with Crippen molar-refractivity contribution in [2.75, 3.05) is 21.3 Å². The van der Waals surface area contributed by atoms with Gasteiger partial charge in [0, 0.05) is 22.3 Å². The normalized spacial score (nSPS) is 11.2. The molecule has 0 aromatic heterocycles. The highest BCUT2D eigenvalue weighted by molar-refractivity contribution is 9.10. The van der Waals surface area contributed by atoms with E-state index in [1.54, 1.807) is 6.07 Å². The first kappa shape index (κ1) is 15.4. The van der Waals surface area contributed by atoms with Crippen LogP contribution in [-0.4, -0.2) is 29.7 Å². The van der Waals surface area contributed by atoms with Crippen LogP contribution in [0.1, 0.15) is 5.56 Å². The second kappa shape index (κ2) is 5.99. The molecule has 0 saturated heterocycles. The Labute approximate surface area is 119 Å². The van der Waals surface area contributed by atoms with E-state index in [-0.39, 0.29) is 5.75 Å². The van der Waals surface area contributed by atoms with Crippen LogP contribution in [0.2, 0.25) is 0 Å². The van der Waals surface area contributed by atoms with Crippen molar-refractivity contribution in [2.45, 2.75) is 5.75 Å². The molecular weight excluding hydrogens is 348 g/mol. The Morgan fingerprint density at radius 3 is 2.11 bits per heavy atom. The van der Waals surface area contributed by atoms with Crippen LogP contribution in [0.5, 0.6) is 17.2 Å². The monoisotopic (exact) mass is 358 g/mol. The summed E-state index contributed by atoms with van der Waals surface area (Å²) >= 11 is 3.27. The van der Waals surface area contributed by atoms with Crippen LogP contribution in [0.25, 0.3) is 0 Å². The lowest BCUT2D eigenvalue weighted by Crippen LogP contribution is -2.03. The van der Waals surface area contributed by atoms with Crippen molar-refractivity contribution < 1.29 is 22.6 Å². The highest BCUT2D eigenvalue weighted by Gasteiger charge is 2.22. The van der Waals surface area contributed by atoms with Gasteiger partial charge in [-0.05, 0) is 15.9 Å². The van der Waals surface area contributed by atoms with Crippen molar-refractivity contribution in [1.82, 2.24) is 0 Å². The van der Waals surface area contributed by atoms with E-state index in [1.807, 2.05) is 0 Å². The van der Waals surface area contributed by atoms with E-state index in [0.29, 0.717) is 27.3 Å². The van der Waals surface area contributed by atoms with Crippen LogP contribution in [0.15, 0.2) is 10.5 Å². The molecule has 0 unspecified atom stereocenters. The van der Waals surface area contributed by atoms with Gasteiger partial charge in [-0.25, -0.2) is 8.42 Å². The Kier molecular flexibility index (Phi) is 5.12. The molecule has 0 amide bonds. The van der Waals surface area contributed by atoms with Gasteiger partial charge in [-0.2, -0.15) is 0 Å². The summed E-state index contributed by atoms with van der Waals surface area (Å²) in [5.41, 5.74) is 0.380. The lowest BCUT2D eigenvalue weighted by atomic mass is 10.2. The molecule has 0 N–H and O–H groups in total. The van der Waals surface area contributed by atoms with Gasteiger partial charge in [0.1, 0.15) is 5.75 Å². The Balaban J connectivity index is 3.49. The smallest absolute Gasteiger partial charge is 0.236 e. The zero-order valence-corrected chi connectivity index (χ0v) is 13.1. The average molecular weight is 360 g/mol. The molecule has 0 spiro atoms. The zero-order chi connectivity index (χ0) is 13.9.